The van der Waals surface area contributed by atoms with E-state index in [-0.39, 0.29) is 0 Å². The number of para-hydroxylation sites is 2. The molecule has 210 valence electrons. The average molecular weight is 577 g/mol. The van der Waals surface area contributed by atoms with Crippen LogP contribution in [0.15, 0.2) is 154 Å². The van der Waals surface area contributed by atoms with Crippen LogP contribution in [-0.4, -0.2) is 4.98 Å². The van der Waals surface area contributed by atoms with Gasteiger partial charge in [-0.2, -0.15) is 0 Å². The minimum Gasteiger partial charge on any atom is -0.456 e. The summed E-state index contributed by atoms with van der Waals surface area (Å²) in [6.07, 6.45) is 0. The fraction of sp³-hybridized carbons (Fsp3) is 0. The van der Waals surface area contributed by atoms with E-state index < -0.39 is 0 Å². The molecule has 0 amide bonds. The molecule has 4 nitrogen and oxygen atoms in total. The first kappa shape index (κ1) is 24.3. The van der Waals surface area contributed by atoms with E-state index in [0.29, 0.717) is 5.89 Å². The topological polar surface area (TPSA) is 42.4 Å². The van der Waals surface area contributed by atoms with E-state index in [2.05, 4.69) is 138 Å². The highest BCUT2D eigenvalue weighted by Crippen LogP contribution is 2.51. The van der Waals surface area contributed by atoms with Crippen molar-refractivity contribution < 1.29 is 8.83 Å². The second-order valence-corrected chi connectivity index (χ2v) is 11.6. The Morgan fingerprint density at radius 2 is 1.27 bits per heavy atom. The lowest BCUT2D eigenvalue weighted by molar-refractivity contribution is 0.590. The number of hydrogen-bond acceptors (Lipinski definition) is 4. The summed E-state index contributed by atoms with van der Waals surface area (Å²) in [6, 6.07) is 50.9. The molecule has 1 aliphatic rings. The van der Waals surface area contributed by atoms with Gasteiger partial charge in [0.05, 0.1) is 0 Å². The van der Waals surface area contributed by atoms with E-state index in [9.17, 15) is 0 Å². The Morgan fingerprint density at radius 1 is 0.467 bits per heavy atom. The molecule has 0 fully saturated rings. The second-order valence-electron chi connectivity index (χ2n) is 11.6. The minimum atomic E-state index is 0.635. The van der Waals surface area contributed by atoms with E-state index in [4.69, 9.17) is 13.8 Å². The zero-order valence-electron chi connectivity index (χ0n) is 24.1. The standard InChI is InChI=1S/C41H24N2O2/c1-2-12-29(13-3-1)43(30-19-20-37-34(23-30)32-14-6-7-16-36(32)44-37)31-22-27-11-8-15-33-38(27)35(24-31)40-39(33)42-41(45-40)28-18-17-25-9-4-5-10-26(25)21-28/h1-24H. The molecule has 0 N–H and O–H groups in total. The smallest absolute Gasteiger partial charge is 0.227 e. The van der Waals surface area contributed by atoms with E-state index in [1.54, 1.807) is 0 Å². The van der Waals surface area contributed by atoms with Crippen LogP contribution in [0.2, 0.25) is 0 Å². The number of rotatable bonds is 4. The lowest BCUT2D eigenvalue weighted by Crippen LogP contribution is -2.10. The Bertz CT molecular complexity index is 2610. The molecule has 2 aromatic heterocycles. The molecule has 0 unspecified atom stereocenters. The van der Waals surface area contributed by atoms with Crippen molar-refractivity contribution in [1.82, 2.24) is 4.98 Å². The van der Waals surface area contributed by atoms with Crippen LogP contribution in [0.25, 0.3) is 77.5 Å². The summed E-state index contributed by atoms with van der Waals surface area (Å²) in [6.45, 7) is 0. The van der Waals surface area contributed by atoms with Crippen molar-refractivity contribution >= 4 is 60.5 Å². The SMILES string of the molecule is c1ccc(N(c2cc3c4c(cccc4c2)-c2nc(-c4ccc5ccccc5c4)oc2-3)c2ccc3oc4ccccc4c3c2)cc1. The number of fused-ring (bicyclic) bond motifs is 7. The summed E-state index contributed by atoms with van der Waals surface area (Å²) >= 11 is 0. The van der Waals surface area contributed by atoms with Crippen molar-refractivity contribution in [1.29, 1.82) is 0 Å². The molecule has 9 aromatic rings. The maximum absolute atomic E-state index is 6.63. The molecule has 0 atom stereocenters. The number of hydrogen-bond donors (Lipinski definition) is 0. The van der Waals surface area contributed by atoms with Crippen molar-refractivity contribution in [3.63, 3.8) is 0 Å². The Labute approximate surface area is 258 Å². The van der Waals surface area contributed by atoms with E-state index >= 15 is 0 Å². The van der Waals surface area contributed by atoms with Crippen LogP contribution >= 0.6 is 0 Å². The van der Waals surface area contributed by atoms with Gasteiger partial charge in [0.1, 0.15) is 16.9 Å². The van der Waals surface area contributed by atoms with Crippen LogP contribution in [-0.2, 0) is 0 Å². The molecule has 0 saturated heterocycles. The van der Waals surface area contributed by atoms with E-state index in [0.717, 1.165) is 72.5 Å². The van der Waals surface area contributed by atoms with Crippen LogP contribution in [0.1, 0.15) is 0 Å². The van der Waals surface area contributed by atoms with Crippen LogP contribution in [0, 0.1) is 0 Å². The Balaban J connectivity index is 1.17. The molecular formula is C41H24N2O2. The van der Waals surface area contributed by atoms with Gasteiger partial charge in [0, 0.05) is 49.9 Å². The maximum Gasteiger partial charge on any atom is 0.227 e. The van der Waals surface area contributed by atoms with Crippen molar-refractivity contribution in [3.8, 4) is 34.0 Å². The van der Waals surface area contributed by atoms with Gasteiger partial charge < -0.3 is 13.7 Å². The summed E-state index contributed by atoms with van der Waals surface area (Å²) in [5.74, 6) is 1.45. The Morgan fingerprint density at radius 3 is 2.20 bits per heavy atom. The van der Waals surface area contributed by atoms with Gasteiger partial charge in [-0.3, -0.25) is 0 Å². The summed E-state index contributed by atoms with van der Waals surface area (Å²) in [5.41, 5.74) is 8.97. The fourth-order valence-electron chi connectivity index (χ4n) is 6.93. The zero-order chi connectivity index (χ0) is 29.5. The van der Waals surface area contributed by atoms with Gasteiger partial charge >= 0.3 is 0 Å². The minimum absolute atomic E-state index is 0.635. The molecule has 0 radical (unpaired) electrons. The highest BCUT2D eigenvalue weighted by molar-refractivity contribution is 6.15. The third kappa shape index (κ3) is 3.63. The van der Waals surface area contributed by atoms with Gasteiger partial charge in [-0.1, -0.05) is 84.9 Å². The number of aromatic nitrogens is 1. The Hall–Kier alpha value is -6.13. The van der Waals surface area contributed by atoms with Gasteiger partial charge in [0.2, 0.25) is 5.89 Å². The molecule has 10 rings (SSSR count). The van der Waals surface area contributed by atoms with Crippen LogP contribution in [0.4, 0.5) is 17.1 Å². The first-order chi connectivity index (χ1) is 22.3. The Kier molecular flexibility index (Phi) is 4.96. The summed E-state index contributed by atoms with van der Waals surface area (Å²) < 4.78 is 12.8. The number of nitrogens with zero attached hydrogens (tertiary/aromatic N) is 2. The van der Waals surface area contributed by atoms with Gasteiger partial charge in [-0.05, 0) is 76.8 Å². The predicted octanol–water partition coefficient (Wildman–Crippen LogP) is 11.7. The molecule has 0 saturated carbocycles. The highest BCUT2D eigenvalue weighted by Gasteiger charge is 2.30. The fourth-order valence-corrected chi connectivity index (χ4v) is 6.93. The molecule has 7 aromatic carbocycles. The predicted molar refractivity (Wildman–Crippen MR) is 183 cm³/mol. The first-order valence-corrected chi connectivity index (χ1v) is 15.1. The number of furan rings is 1. The molecule has 2 heterocycles. The monoisotopic (exact) mass is 576 g/mol. The van der Waals surface area contributed by atoms with Crippen LogP contribution in [0.5, 0.6) is 0 Å². The third-order valence-electron chi connectivity index (χ3n) is 8.98. The van der Waals surface area contributed by atoms with E-state index in [1.807, 2.05) is 12.1 Å². The molecule has 0 spiro atoms. The normalized spacial score (nSPS) is 12.0. The highest BCUT2D eigenvalue weighted by atomic mass is 16.4. The largest absolute Gasteiger partial charge is 0.456 e. The van der Waals surface area contributed by atoms with Gasteiger partial charge in [-0.25, -0.2) is 4.98 Å². The number of oxazole rings is 1. The molecule has 4 heteroatoms. The van der Waals surface area contributed by atoms with Gasteiger partial charge in [0.15, 0.2) is 5.76 Å². The van der Waals surface area contributed by atoms with Gasteiger partial charge in [0.25, 0.3) is 0 Å². The van der Waals surface area contributed by atoms with Gasteiger partial charge in [-0.15, -0.1) is 0 Å². The molecule has 1 aliphatic carbocycles. The zero-order valence-corrected chi connectivity index (χ0v) is 24.1. The van der Waals surface area contributed by atoms with Crippen LogP contribution < -0.4 is 4.90 Å². The molecule has 0 aliphatic heterocycles. The van der Waals surface area contributed by atoms with Crippen molar-refractivity contribution in [2.75, 3.05) is 4.90 Å². The van der Waals surface area contributed by atoms with Crippen molar-refractivity contribution in [2.24, 2.45) is 0 Å². The van der Waals surface area contributed by atoms with Crippen molar-refractivity contribution in [3.05, 3.63) is 146 Å². The average Bonchev–Trinajstić information content (AvgIpc) is 3.78. The summed E-state index contributed by atoms with van der Waals surface area (Å²) in [5, 5.41) is 6.89. The molecule has 0 bridgehead atoms. The van der Waals surface area contributed by atoms with E-state index in [1.165, 1.54) is 16.2 Å². The lowest BCUT2D eigenvalue weighted by atomic mass is 10.0. The van der Waals surface area contributed by atoms with Crippen LogP contribution in [0.3, 0.4) is 0 Å². The number of anilines is 3. The second kappa shape index (κ2) is 9.18. The maximum atomic E-state index is 6.63. The summed E-state index contributed by atoms with van der Waals surface area (Å²) in [4.78, 5) is 7.37. The quantitative estimate of drug-likeness (QED) is 0.209. The lowest BCUT2D eigenvalue weighted by Gasteiger charge is -2.26. The number of benzene rings is 7. The summed E-state index contributed by atoms with van der Waals surface area (Å²) in [7, 11) is 0. The first-order valence-electron chi connectivity index (χ1n) is 15.1. The van der Waals surface area contributed by atoms with Crippen molar-refractivity contribution in [2.45, 2.75) is 0 Å². The molecule has 45 heavy (non-hydrogen) atoms. The third-order valence-corrected chi connectivity index (χ3v) is 8.98. The molecular weight excluding hydrogens is 552 g/mol.